The highest BCUT2D eigenvalue weighted by Gasteiger charge is 2.37. The minimum Gasteiger partial charge on any atom is -0.390 e. The Kier molecular flexibility index (Phi) is 6.32. The number of anilines is 1. The molecule has 1 saturated heterocycles. The van der Waals surface area contributed by atoms with Crippen LogP contribution < -0.4 is 11.1 Å². The van der Waals surface area contributed by atoms with Gasteiger partial charge in [0.15, 0.2) is 5.78 Å². The monoisotopic (exact) mass is 525 g/mol. The van der Waals surface area contributed by atoms with Crippen molar-refractivity contribution < 1.29 is 19.5 Å². The van der Waals surface area contributed by atoms with Crippen molar-refractivity contribution in [2.75, 3.05) is 25.4 Å². The molecule has 5 N–H and O–H groups in total. The Morgan fingerprint density at radius 1 is 1.00 bits per heavy atom. The zero-order valence-corrected chi connectivity index (χ0v) is 21.8. The van der Waals surface area contributed by atoms with Crippen molar-refractivity contribution in [2.45, 2.75) is 38.8 Å². The van der Waals surface area contributed by atoms with Crippen LogP contribution in [-0.2, 0) is 16.1 Å². The first-order valence-corrected chi connectivity index (χ1v) is 13.3. The van der Waals surface area contributed by atoms with Crippen molar-refractivity contribution >= 4 is 56.4 Å². The van der Waals surface area contributed by atoms with E-state index in [9.17, 15) is 19.5 Å². The van der Waals surface area contributed by atoms with E-state index >= 15 is 0 Å². The van der Waals surface area contributed by atoms with E-state index in [1.165, 1.54) is 13.3 Å². The fourth-order valence-corrected chi connectivity index (χ4v) is 6.10. The third-order valence-corrected chi connectivity index (χ3v) is 7.86. The topological polar surface area (TPSA) is 133 Å². The molecule has 0 bridgehead atoms. The predicted molar refractivity (Wildman–Crippen MR) is 151 cm³/mol. The summed E-state index contributed by atoms with van der Waals surface area (Å²) in [6.45, 7) is 4.05. The highest BCUT2D eigenvalue weighted by Crippen LogP contribution is 2.42. The van der Waals surface area contributed by atoms with Crippen molar-refractivity contribution in [2.24, 2.45) is 0 Å². The van der Waals surface area contributed by atoms with Gasteiger partial charge in [0.1, 0.15) is 5.82 Å². The maximum atomic E-state index is 13.4. The predicted octanol–water partition coefficient (Wildman–Crippen LogP) is 3.32. The molecule has 0 aliphatic carbocycles. The largest absolute Gasteiger partial charge is 0.390 e. The number of aromatic amines is 1. The third-order valence-electron chi connectivity index (χ3n) is 7.86. The number of benzene rings is 2. The molecule has 9 nitrogen and oxygen atoms in total. The molecule has 39 heavy (non-hydrogen) atoms. The number of carbonyl (C=O) groups is 3. The lowest BCUT2D eigenvalue weighted by Crippen LogP contribution is -2.38. The number of carbonyl (C=O) groups excluding carboxylic acids is 3. The molecule has 1 fully saturated rings. The van der Waals surface area contributed by atoms with Crippen LogP contribution >= 0.6 is 0 Å². The number of fused-ring (bicyclic) bond motifs is 2. The second kappa shape index (κ2) is 9.83. The van der Waals surface area contributed by atoms with Gasteiger partial charge in [0, 0.05) is 45.7 Å². The van der Waals surface area contributed by atoms with Gasteiger partial charge < -0.3 is 25.3 Å². The third kappa shape index (κ3) is 4.24. The fraction of sp³-hybridized carbons (Fsp3) is 0.300. The number of ketones is 1. The molecule has 2 aromatic carbocycles. The summed E-state index contributed by atoms with van der Waals surface area (Å²) in [4.78, 5) is 44.8. The standard InChI is InChI=1S/C30H31N5O4/c1-17(36)19-9-7-11-23-24(19)26(28(31)35(23)16-18(37)15-34-12-5-2-6-13-34)27-25(29(38)33-30(27)39)21-14-32-22-10-4-3-8-20(21)22/h3-4,7-11,14,18,32,37H,2,5-6,12-13,15-16,31H2,1H3,(H,33,38,39). The molecule has 2 amide bonds. The second-order valence-electron chi connectivity index (χ2n) is 10.4. The van der Waals surface area contributed by atoms with E-state index in [0.29, 0.717) is 34.1 Å². The van der Waals surface area contributed by atoms with Gasteiger partial charge >= 0.3 is 0 Å². The average molecular weight is 526 g/mol. The van der Waals surface area contributed by atoms with Crippen LogP contribution in [-0.4, -0.2) is 62.9 Å². The minimum absolute atomic E-state index is 0.130. The molecule has 0 saturated carbocycles. The van der Waals surface area contributed by atoms with Crippen LogP contribution in [0.2, 0.25) is 0 Å². The molecule has 2 aromatic heterocycles. The Bertz CT molecular complexity index is 1670. The fourth-order valence-electron chi connectivity index (χ4n) is 6.10. The lowest BCUT2D eigenvalue weighted by atomic mass is 9.93. The molecule has 4 aromatic rings. The van der Waals surface area contributed by atoms with Crippen molar-refractivity contribution in [3.8, 4) is 0 Å². The van der Waals surface area contributed by atoms with Crippen LogP contribution in [0.1, 0.15) is 47.7 Å². The summed E-state index contributed by atoms with van der Waals surface area (Å²) in [7, 11) is 0. The highest BCUT2D eigenvalue weighted by atomic mass is 16.3. The molecule has 0 radical (unpaired) electrons. The number of nitrogens with one attached hydrogen (secondary N) is 2. The number of aliphatic hydroxyl groups is 1. The molecule has 2 aliphatic rings. The van der Waals surface area contributed by atoms with Gasteiger partial charge in [-0.3, -0.25) is 19.7 Å². The molecule has 0 spiro atoms. The zero-order chi connectivity index (χ0) is 27.3. The highest BCUT2D eigenvalue weighted by molar-refractivity contribution is 6.51. The van der Waals surface area contributed by atoms with Crippen molar-refractivity contribution in [1.82, 2.24) is 19.8 Å². The van der Waals surface area contributed by atoms with Crippen molar-refractivity contribution in [3.05, 3.63) is 65.4 Å². The van der Waals surface area contributed by atoms with Gasteiger partial charge in [0.25, 0.3) is 11.8 Å². The first kappa shape index (κ1) is 25.1. The smallest absolute Gasteiger partial charge is 0.259 e. The van der Waals surface area contributed by atoms with Gasteiger partial charge in [0.05, 0.1) is 29.3 Å². The Labute approximate surface area is 225 Å². The maximum absolute atomic E-state index is 13.4. The number of β-amino-alcohol motifs (C(OH)–C–C–N with tert-alkyl or cyclic N) is 1. The first-order chi connectivity index (χ1) is 18.8. The number of H-pyrrole nitrogens is 1. The molecular formula is C30H31N5O4. The number of aliphatic hydroxyl groups excluding tert-OH is 1. The molecule has 4 heterocycles. The van der Waals surface area contributed by atoms with Crippen molar-refractivity contribution in [1.29, 1.82) is 0 Å². The Morgan fingerprint density at radius 3 is 2.51 bits per heavy atom. The number of likely N-dealkylation sites (tertiary alicyclic amines) is 1. The summed E-state index contributed by atoms with van der Waals surface area (Å²) in [6, 6.07) is 12.8. The minimum atomic E-state index is -0.712. The molecule has 1 atom stereocenters. The van der Waals surface area contributed by atoms with Crippen LogP contribution in [0.3, 0.4) is 0 Å². The Balaban J connectivity index is 1.56. The maximum Gasteiger partial charge on any atom is 0.259 e. The quantitative estimate of drug-likeness (QED) is 0.216. The van der Waals surface area contributed by atoms with Gasteiger partial charge in [-0.05, 0) is 45.0 Å². The Hall–Kier alpha value is -4.21. The summed E-state index contributed by atoms with van der Waals surface area (Å²) < 4.78 is 1.77. The molecule has 200 valence electrons. The van der Waals surface area contributed by atoms with Gasteiger partial charge in [-0.1, -0.05) is 36.8 Å². The number of Topliss-reactive ketones (excluding diaryl/α,β-unsaturated/α-hetero) is 1. The van der Waals surface area contributed by atoms with Crippen LogP contribution in [0.25, 0.3) is 33.0 Å². The van der Waals surface area contributed by atoms with Gasteiger partial charge in [-0.2, -0.15) is 0 Å². The number of nitrogen functional groups attached to an aromatic ring is 1. The number of nitrogens with zero attached hydrogens (tertiary/aromatic N) is 2. The number of amides is 2. The van der Waals surface area contributed by atoms with E-state index < -0.39 is 17.9 Å². The lowest BCUT2D eigenvalue weighted by molar-refractivity contribution is -0.122. The van der Waals surface area contributed by atoms with E-state index in [1.54, 1.807) is 22.9 Å². The van der Waals surface area contributed by atoms with Crippen LogP contribution in [0, 0.1) is 0 Å². The molecule has 6 rings (SSSR count). The van der Waals surface area contributed by atoms with Gasteiger partial charge in [0.2, 0.25) is 0 Å². The van der Waals surface area contributed by atoms with Gasteiger partial charge in [-0.15, -0.1) is 0 Å². The molecular weight excluding hydrogens is 494 g/mol. The van der Waals surface area contributed by atoms with E-state index in [0.717, 1.165) is 36.8 Å². The van der Waals surface area contributed by atoms with Crippen molar-refractivity contribution in [3.63, 3.8) is 0 Å². The molecule has 1 unspecified atom stereocenters. The van der Waals surface area contributed by atoms with Crippen LogP contribution in [0.5, 0.6) is 0 Å². The van der Waals surface area contributed by atoms with E-state index in [-0.39, 0.29) is 29.3 Å². The van der Waals surface area contributed by atoms with E-state index in [2.05, 4.69) is 15.2 Å². The SMILES string of the molecule is CC(=O)c1cccc2c1c(C1=C(c3c[nH]c4ccccc34)C(=O)NC1=O)c(N)n2CC(O)CN1CCCCC1. The lowest BCUT2D eigenvalue weighted by Gasteiger charge is -2.28. The average Bonchev–Trinajstić information content (AvgIpc) is 3.55. The van der Waals surface area contributed by atoms with E-state index in [1.807, 2.05) is 30.3 Å². The number of imide groups is 1. The van der Waals surface area contributed by atoms with Crippen LogP contribution in [0.15, 0.2) is 48.7 Å². The number of aromatic nitrogens is 2. The first-order valence-electron chi connectivity index (χ1n) is 13.3. The number of rotatable bonds is 7. The summed E-state index contributed by atoms with van der Waals surface area (Å²) in [5.41, 5.74) is 9.88. The summed E-state index contributed by atoms with van der Waals surface area (Å²) in [6.07, 6.45) is 4.42. The Morgan fingerprint density at radius 2 is 1.74 bits per heavy atom. The van der Waals surface area contributed by atoms with E-state index in [4.69, 9.17) is 5.73 Å². The molecule has 2 aliphatic heterocycles. The van der Waals surface area contributed by atoms with Crippen LogP contribution in [0.4, 0.5) is 5.82 Å². The summed E-state index contributed by atoms with van der Waals surface area (Å²) in [5, 5.41) is 14.8. The normalized spacial score (nSPS) is 17.4. The number of para-hydroxylation sites is 1. The number of piperidine rings is 1. The van der Waals surface area contributed by atoms with Gasteiger partial charge in [-0.25, -0.2) is 0 Å². The number of nitrogens with two attached hydrogens (primary N) is 1. The summed E-state index contributed by atoms with van der Waals surface area (Å²) >= 11 is 0. The zero-order valence-electron chi connectivity index (χ0n) is 21.8. The molecule has 9 heteroatoms. The summed E-state index contributed by atoms with van der Waals surface area (Å²) in [5.74, 6) is -1.05. The number of hydrogen-bond acceptors (Lipinski definition) is 6. The number of hydrogen-bond donors (Lipinski definition) is 4. The second-order valence-corrected chi connectivity index (χ2v) is 10.4.